The van der Waals surface area contributed by atoms with Crippen LogP contribution in [0.15, 0.2) is 30.6 Å². The number of nitrogens with zero attached hydrogens (tertiary/aromatic N) is 4. The van der Waals surface area contributed by atoms with Crippen molar-refractivity contribution in [3.63, 3.8) is 0 Å². The van der Waals surface area contributed by atoms with E-state index in [1.165, 1.54) is 24.9 Å². The van der Waals surface area contributed by atoms with Crippen LogP contribution < -0.4 is 5.32 Å². The minimum atomic E-state index is -1.33. The van der Waals surface area contributed by atoms with Gasteiger partial charge in [0.2, 0.25) is 0 Å². The molecule has 2 rings (SSSR count). The summed E-state index contributed by atoms with van der Waals surface area (Å²) in [6.45, 7) is 2.84. The molecule has 20 heavy (non-hydrogen) atoms. The molecule has 2 aromatic rings. The van der Waals surface area contributed by atoms with Crippen LogP contribution in [0, 0.1) is 0 Å². The van der Waals surface area contributed by atoms with Crippen LogP contribution in [-0.4, -0.2) is 42.7 Å². The lowest BCUT2D eigenvalue weighted by molar-refractivity contribution is -0.143. The number of rotatable bonds is 4. The van der Waals surface area contributed by atoms with E-state index in [2.05, 4.69) is 20.8 Å². The number of carbonyl (C=O) groups excluding carboxylic acids is 1. The number of hydrogen-bond donors (Lipinski definition) is 2. The first-order valence-electron chi connectivity index (χ1n) is 5.79. The second kappa shape index (κ2) is 5.08. The molecule has 0 spiro atoms. The number of nitrogens with one attached hydrogen (secondary N) is 1. The van der Waals surface area contributed by atoms with Crippen LogP contribution in [0.1, 0.15) is 24.2 Å². The van der Waals surface area contributed by atoms with Crippen LogP contribution in [0.25, 0.3) is 5.69 Å². The average Bonchev–Trinajstić information content (AvgIpc) is 2.92. The minimum Gasteiger partial charge on any atom is -0.480 e. The van der Waals surface area contributed by atoms with Crippen molar-refractivity contribution in [1.82, 2.24) is 25.5 Å². The Morgan fingerprint density at radius 3 is 2.40 bits per heavy atom. The fourth-order valence-corrected chi connectivity index (χ4v) is 1.45. The smallest absolute Gasteiger partial charge is 0.328 e. The third-order valence-electron chi connectivity index (χ3n) is 2.70. The molecular formula is C12H13N5O3. The van der Waals surface area contributed by atoms with Crippen molar-refractivity contribution in [3.05, 3.63) is 36.2 Å². The molecule has 1 aromatic carbocycles. The van der Waals surface area contributed by atoms with E-state index in [4.69, 9.17) is 5.11 Å². The van der Waals surface area contributed by atoms with Gasteiger partial charge in [-0.1, -0.05) is 0 Å². The molecule has 1 aromatic heterocycles. The molecule has 0 fully saturated rings. The summed E-state index contributed by atoms with van der Waals surface area (Å²) in [6.07, 6.45) is 1.43. The highest BCUT2D eigenvalue weighted by atomic mass is 16.4. The summed E-state index contributed by atoms with van der Waals surface area (Å²) >= 11 is 0. The minimum absolute atomic E-state index is 0.358. The van der Waals surface area contributed by atoms with Crippen molar-refractivity contribution in [3.8, 4) is 5.69 Å². The normalized spacial score (nSPS) is 11.1. The zero-order valence-corrected chi connectivity index (χ0v) is 10.9. The second-order valence-corrected chi connectivity index (χ2v) is 4.69. The number of tetrazole rings is 1. The highest BCUT2D eigenvalue weighted by Gasteiger charge is 2.29. The quantitative estimate of drug-likeness (QED) is 0.828. The van der Waals surface area contributed by atoms with Crippen molar-refractivity contribution in [1.29, 1.82) is 0 Å². The average molecular weight is 275 g/mol. The Balaban J connectivity index is 2.14. The van der Waals surface area contributed by atoms with E-state index in [1.807, 2.05) is 0 Å². The molecule has 0 aliphatic heterocycles. The predicted molar refractivity (Wildman–Crippen MR) is 68.3 cm³/mol. The fraction of sp³-hybridized carbons (Fsp3) is 0.250. The molecule has 0 atom stereocenters. The van der Waals surface area contributed by atoms with E-state index in [0.29, 0.717) is 11.3 Å². The fourth-order valence-electron chi connectivity index (χ4n) is 1.45. The van der Waals surface area contributed by atoms with Gasteiger partial charge in [-0.05, 0) is 48.5 Å². The maximum Gasteiger partial charge on any atom is 0.328 e. The number of carboxylic acid groups (broad SMARTS) is 1. The van der Waals surface area contributed by atoms with Crippen molar-refractivity contribution >= 4 is 11.9 Å². The van der Waals surface area contributed by atoms with E-state index < -0.39 is 17.4 Å². The molecule has 0 bridgehead atoms. The summed E-state index contributed by atoms with van der Waals surface area (Å²) < 4.78 is 1.45. The van der Waals surface area contributed by atoms with Crippen LogP contribution in [0.2, 0.25) is 0 Å². The summed E-state index contributed by atoms with van der Waals surface area (Å²) in [5, 5.41) is 22.2. The lowest BCUT2D eigenvalue weighted by atomic mass is 10.1. The summed E-state index contributed by atoms with van der Waals surface area (Å²) in [7, 11) is 0. The van der Waals surface area contributed by atoms with E-state index in [1.54, 1.807) is 24.3 Å². The molecule has 1 amide bonds. The SMILES string of the molecule is CC(C)(NC(=O)c1ccc(-n2cnnn2)cc1)C(=O)O. The molecule has 1 heterocycles. The lowest BCUT2D eigenvalue weighted by Gasteiger charge is -2.20. The van der Waals surface area contributed by atoms with Crippen LogP contribution in [0.5, 0.6) is 0 Å². The first-order valence-corrected chi connectivity index (χ1v) is 5.79. The Hall–Kier alpha value is -2.77. The van der Waals surface area contributed by atoms with Crippen LogP contribution in [0.3, 0.4) is 0 Å². The van der Waals surface area contributed by atoms with Crippen molar-refractivity contribution in [2.75, 3.05) is 0 Å². The topological polar surface area (TPSA) is 110 Å². The lowest BCUT2D eigenvalue weighted by Crippen LogP contribution is -2.49. The molecule has 0 aliphatic carbocycles. The van der Waals surface area contributed by atoms with Crippen LogP contribution >= 0.6 is 0 Å². The molecule has 0 saturated carbocycles. The Morgan fingerprint density at radius 2 is 1.90 bits per heavy atom. The Labute approximate surface area is 114 Å². The summed E-state index contributed by atoms with van der Waals surface area (Å²) in [6, 6.07) is 6.48. The standard InChI is InChI=1S/C12H13N5O3/c1-12(2,11(19)20)14-10(18)8-3-5-9(6-4-8)17-7-13-15-16-17/h3-7H,1-2H3,(H,14,18)(H,19,20). The van der Waals surface area contributed by atoms with E-state index in [0.717, 1.165) is 0 Å². The zero-order valence-electron chi connectivity index (χ0n) is 10.9. The molecule has 0 saturated heterocycles. The summed E-state index contributed by atoms with van der Waals surface area (Å²) in [5.41, 5.74) is -0.272. The molecule has 2 N–H and O–H groups in total. The molecule has 0 aliphatic rings. The molecule has 8 heteroatoms. The number of hydrogen-bond acceptors (Lipinski definition) is 5. The van der Waals surface area contributed by atoms with Gasteiger partial charge >= 0.3 is 5.97 Å². The molecule has 8 nitrogen and oxygen atoms in total. The zero-order chi connectivity index (χ0) is 14.8. The monoisotopic (exact) mass is 275 g/mol. The van der Waals surface area contributed by atoms with E-state index in [-0.39, 0.29) is 0 Å². The van der Waals surface area contributed by atoms with Crippen LogP contribution in [-0.2, 0) is 4.79 Å². The number of aliphatic carboxylic acids is 1. The van der Waals surface area contributed by atoms with Gasteiger partial charge in [0, 0.05) is 5.56 Å². The molecular weight excluding hydrogens is 262 g/mol. The van der Waals surface area contributed by atoms with Crippen LogP contribution in [0.4, 0.5) is 0 Å². The number of aromatic nitrogens is 4. The van der Waals surface area contributed by atoms with E-state index >= 15 is 0 Å². The maximum absolute atomic E-state index is 11.9. The Kier molecular flexibility index (Phi) is 3.47. The highest BCUT2D eigenvalue weighted by Crippen LogP contribution is 2.10. The Morgan fingerprint density at radius 1 is 1.25 bits per heavy atom. The first kappa shape index (κ1) is 13.7. The van der Waals surface area contributed by atoms with Gasteiger partial charge in [0.05, 0.1) is 5.69 Å². The van der Waals surface area contributed by atoms with Gasteiger partial charge in [-0.3, -0.25) is 4.79 Å². The third-order valence-corrected chi connectivity index (χ3v) is 2.70. The Bertz CT molecular complexity index is 619. The van der Waals surface area contributed by atoms with Crippen molar-refractivity contribution in [2.24, 2.45) is 0 Å². The number of carbonyl (C=O) groups is 2. The van der Waals surface area contributed by atoms with Gasteiger partial charge in [-0.15, -0.1) is 5.10 Å². The van der Waals surface area contributed by atoms with Gasteiger partial charge in [0.15, 0.2) is 0 Å². The summed E-state index contributed by atoms with van der Waals surface area (Å²) in [4.78, 5) is 22.9. The number of carboxylic acids is 1. The largest absolute Gasteiger partial charge is 0.480 e. The molecule has 0 radical (unpaired) electrons. The van der Waals surface area contributed by atoms with Gasteiger partial charge < -0.3 is 10.4 Å². The van der Waals surface area contributed by atoms with E-state index in [9.17, 15) is 9.59 Å². The van der Waals surface area contributed by atoms with Gasteiger partial charge in [0.25, 0.3) is 5.91 Å². The molecule has 0 unspecified atom stereocenters. The maximum atomic E-state index is 11.9. The van der Waals surface area contributed by atoms with Crippen molar-refractivity contribution < 1.29 is 14.7 Å². The first-order chi connectivity index (χ1) is 9.40. The van der Waals surface area contributed by atoms with Gasteiger partial charge in [-0.2, -0.15) is 0 Å². The predicted octanol–water partition coefficient (Wildman–Crippen LogP) is 0.255. The molecule has 104 valence electrons. The summed E-state index contributed by atoms with van der Waals surface area (Å²) in [5.74, 6) is -1.56. The van der Waals surface area contributed by atoms with Gasteiger partial charge in [-0.25, -0.2) is 9.48 Å². The number of benzene rings is 1. The third kappa shape index (κ3) is 2.79. The van der Waals surface area contributed by atoms with Gasteiger partial charge in [0.1, 0.15) is 11.9 Å². The van der Waals surface area contributed by atoms with Crippen molar-refractivity contribution in [2.45, 2.75) is 19.4 Å². The second-order valence-electron chi connectivity index (χ2n) is 4.69. The number of amides is 1. The highest BCUT2D eigenvalue weighted by molar-refractivity contribution is 5.97.